The first kappa shape index (κ1) is 17.2. The highest BCUT2D eigenvalue weighted by Gasteiger charge is 2.30. The Morgan fingerprint density at radius 3 is 1.95 bits per heavy atom. The van der Waals surface area contributed by atoms with Crippen LogP contribution in [0, 0.1) is 0 Å². The molecule has 0 radical (unpaired) electrons. The third kappa shape index (κ3) is 4.62. The summed E-state index contributed by atoms with van der Waals surface area (Å²) < 4.78 is 15.5. The molecule has 0 aromatic heterocycles. The standard InChI is InChI=1S/C15H28N3OP/c1-5-17(6-2)14-20(19,18(7-3)8-4)16-15-12-10-9-11-13-15/h9-13H,5-8,14H2,1-4H3,(H,16,19). The molecule has 0 aliphatic rings. The van der Waals surface area contributed by atoms with Crippen molar-refractivity contribution in [2.45, 2.75) is 27.7 Å². The molecule has 0 spiro atoms. The number of rotatable bonds is 9. The number of hydrogen-bond acceptors (Lipinski definition) is 2. The molecule has 1 unspecified atom stereocenters. The first-order valence-corrected chi connectivity index (χ1v) is 9.34. The lowest BCUT2D eigenvalue weighted by Gasteiger charge is -2.34. The predicted molar refractivity (Wildman–Crippen MR) is 88.4 cm³/mol. The van der Waals surface area contributed by atoms with E-state index in [0.717, 1.165) is 31.9 Å². The van der Waals surface area contributed by atoms with Crippen molar-refractivity contribution in [3.63, 3.8) is 0 Å². The van der Waals surface area contributed by atoms with Gasteiger partial charge in [0, 0.05) is 18.8 Å². The van der Waals surface area contributed by atoms with E-state index in [-0.39, 0.29) is 0 Å². The molecule has 20 heavy (non-hydrogen) atoms. The summed E-state index contributed by atoms with van der Waals surface area (Å²) in [4.78, 5) is 2.22. The summed E-state index contributed by atoms with van der Waals surface area (Å²) in [6.07, 6.45) is 0.580. The molecule has 114 valence electrons. The predicted octanol–water partition coefficient (Wildman–Crippen LogP) is 3.93. The van der Waals surface area contributed by atoms with Crippen LogP contribution in [-0.2, 0) is 4.57 Å². The van der Waals surface area contributed by atoms with Crippen LogP contribution >= 0.6 is 7.44 Å². The van der Waals surface area contributed by atoms with Crippen molar-refractivity contribution in [1.82, 2.24) is 9.57 Å². The molecular weight excluding hydrogens is 269 g/mol. The molecule has 1 N–H and O–H groups in total. The number of benzene rings is 1. The molecule has 5 heteroatoms. The maximum atomic E-state index is 13.4. The zero-order chi connectivity index (χ0) is 15.0. The van der Waals surface area contributed by atoms with Gasteiger partial charge in [0.25, 0.3) is 7.44 Å². The van der Waals surface area contributed by atoms with Gasteiger partial charge in [0.05, 0.1) is 6.29 Å². The van der Waals surface area contributed by atoms with Crippen LogP contribution in [0.4, 0.5) is 5.69 Å². The smallest absolute Gasteiger partial charge is 0.250 e. The summed E-state index contributed by atoms with van der Waals surface area (Å²) in [6.45, 7) is 11.7. The molecule has 1 aromatic carbocycles. The van der Waals surface area contributed by atoms with Gasteiger partial charge in [-0.3, -0.25) is 9.46 Å². The second-order valence-corrected chi connectivity index (χ2v) is 7.24. The van der Waals surface area contributed by atoms with Gasteiger partial charge in [0.2, 0.25) is 0 Å². The summed E-state index contributed by atoms with van der Waals surface area (Å²) in [5.74, 6) is 0. The Bertz CT molecular complexity index is 416. The van der Waals surface area contributed by atoms with E-state index in [1.165, 1.54) is 0 Å². The van der Waals surface area contributed by atoms with E-state index in [1.54, 1.807) is 0 Å². The van der Waals surface area contributed by atoms with Crippen LogP contribution in [0.2, 0.25) is 0 Å². The molecule has 1 atom stereocenters. The molecule has 0 bridgehead atoms. The minimum absolute atomic E-state index is 0.580. The molecule has 0 saturated carbocycles. The first-order valence-electron chi connectivity index (χ1n) is 7.49. The maximum absolute atomic E-state index is 13.4. The summed E-state index contributed by atoms with van der Waals surface area (Å²) in [5.41, 5.74) is 0.926. The molecule has 4 nitrogen and oxygen atoms in total. The highest BCUT2D eigenvalue weighted by Crippen LogP contribution is 2.49. The van der Waals surface area contributed by atoms with Crippen molar-refractivity contribution in [2.75, 3.05) is 37.6 Å². The monoisotopic (exact) mass is 297 g/mol. The highest BCUT2D eigenvalue weighted by atomic mass is 31.2. The molecule has 1 aromatic rings. The Morgan fingerprint density at radius 1 is 0.950 bits per heavy atom. The van der Waals surface area contributed by atoms with E-state index in [0.29, 0.717) is 6.29 Å². The Morgan fingerprint density at radius 2 is 1.50 bits per heavy atom. The van der Waals surface area contributed by atoms with Gasteiger partial charge in [-0.05, 0) is 25.2 Å². The second kappa shape index (κ2) is 8.46. The number of para-hydroxylation sites is 1. The average Bonchev–Trinajstić information content (AvgIpc) is 2.47. The molecule has 0 aliphatic carbocycles. The van der Waals surface area contributed by atoms with Crippen LogP contribution in [0.15, 0.2) is 30.3 Å². The van der Waals surface area contributed by atoms with Crippen LogP contribution in [0.1, 0.15) is 27.7 Å². The van der Waals surface area contributed by atoms with Crippen LogP contribution in [-0.4, -0.2) is 42.0 Å². The molecule has 0 saturated heterocycles. The topological polar surface area (TPSA) is 35.6 Å². The van der Waals surface area contributed by atoms with Crippen LogP contribution in [0.5, 0.6) is 0 Å². The lowest BCUT2D eigenvalue weighted by atomic mass is 10.3. The molecule has 0 heterocycles. The number of nitrogens with one attached hydrogen (secondary N) is 1. The number of anilines is 1. The normalized spacial score (nSPS) is 14.5. The molecular formula is C15H28N3OP. The average molecular weight is 297 g/mol. The van der Waals surface area contributed by atoms with E-state index >= 15 is 0 Å². The lowest BCUT2D eigenvalue weighted by Crippen LogP contribution is -2.33. The van der Waals surface area contributed by atoms with Crippen LogP contribution in [0.3, 0.4) is 0 Å². The van der Waals surface area contributed by atoms with Crippen molar-refractivity contribution in [2.24, 2.45) is 0 Å². The van der Waals surface area contributed by atoms with E-state index in [4.69, 9.17) is 0 Å². The van der Waals surface area contributed by atoms with Gasteiger partial charge < -0.3 is 5.09 Å². The van der Waals surface area contributed by atoms with Crippen molar-refractivity contribution >= 4 is 13.1 Å². The zero-order valence-corrected chi connectivity index (χ0v) is 14.1. The summed E-state index contributed by atoms with van der Waals surface area (Å²) in [6, 6.07) is 9.84. The van der Waals surface area contributed by atoms with E-state index in [9.17, 15) is 4.57 Å². The zero-order valence-electron chi connectivity index (χ0n) is 13.2. The minimum atomic E-state index is -2.63. The molecule has 0 aliphatic heterocycles. The van der Waals surface area contributed by atoms with Crippen molar-refractivity contribution in [3.8, 4) is 0 Å². The lowest BCUT2D eigenvalue weighted by molar-refractivity contribution is 0.333. The minimum Gasteiger partial charge on any atom is -0.324 e. The Balaban J connectivity index is 2.97. The molecule has 1 rings (SSSR count). The van der Waals surface area contributed by atoms with Gasteiger partial charge in [-0.25, -0.2) is 4.67 Å². The largest absolute Gasteiger partial charge is 0.324 e. The Kier molecular flexibility index (Phi) is 7.28. The second-order valence-electron chi connectivity index (χ2n) is 4.76. The third-order valence-electron chi connectivity index (χ3n) is 3.55. The van der Waals surface area contributed by atoms with Gasteiger partial charge in [-0.1, -0.05) is 45.9 Å². The van der Waals surface area contributed by atoms with Gasteiger partial charge in [0.1, 0.15) is 0 Å². The van der Waals surface area contributed by atoms with Gasteiger partial charge in [-0.15, -0.1) is 0 Å². The Labute approximate surface area is 123 Å². The van der Waals surface area contributed by atoms with Gasteiger partial charge in [-0.2, -0.15) is 0 Å². The first-order chi connectivity index (χ1) is 9.59. The van der Waals surface area contributed by atoms with Crippen LogP contribution < -0.4 is 5.09 Å². The van der Waals surface area contributed by atoms with Crippen molar-refractivity contribution < 1.29 is 4.57 Å². The summed E-state index contributed by atoms with van der Waals surface area (Å²) in [5, 5.41) is 3.30. The SMILES string of the molecule is CCN(CC)CP(=O)(Nc1ccccc1)N(CC)CC. The quantitative estimate of drug-likeness (QED) is 0.700. The third-order valence-corrected chi connectivity index (χ3v) is 6.42. The summed E-state index contributed by atoms with van der Waals surface area (Å²) in [7, 11) is -2.63. The van der Waals surface area contributed by atoms with E-state index in [1.807, 2.05) is 30.3 Å². The maximum Gasteiger partial charge on any atom is 0.250 e. The van der Waals surface area contributed by atoms with Crippen LogP contribution in [0.25, 0.3) is 0 Å². The Hall–Kier alpha value is -0.830. The van der Waals surface area contributed by atoms with Gasteiger partial charge >= 0.3 is 0 Å². The highest BCUT2D eigenvalue weighted by molar-refractivity contribution is 7.63. The fourth-order valence-electron chi connectivity index (χ4n) is 2.29. The van der Waals surface area contributed by atoms with Crippen molar-refractivity contribution in [3.05, 3.63) is 30.3 Å². The fraction of sp³-hybridized carbons (Fsp3) is 0.600. The molecule has 0 amide bonds. The van der Waals surface area contributed by atoms with Gasteiger partial charge in [0.15, 0.2) is 0 Å². The number of hydrogen-bond donors (Lipinski definition) is 1. The molecule has 0 fully saturated rings. The fourth-order valence-corrected chi connectivity index (χ4v) is 5.08. The van der Waals surface area contributed by atoms with Crippen molar-refractivity contribution in [1.29, 1.82) is 0 Å². The summed E-state index contributed by atoms with van der Waals surface area (Å²) >= 11 is 0. The van der Waals surface area contributed by atoms with E-state index in [2.05, 4.69) is 42.4 Å². The van der Waals surface area contributed by atoms with E-state index < -0.39 is 7.44 Å². The number of nitrogens with zero attached hydrogens (tertiary/aromatic N) is 2.